The third kappa shape index (κ3) is 3.58. The van der Waals surface area contributed by atoms with Crippen LogP contribution in [0.2, 0.25) is 0 Å². The number of aromatic nitrogens is 1. The minimum atomic E-state index is -0.275. The summed E-state index contributed by atoms with van der Waals surface area (Å²) in [5.41, 5.74) is 7.03. The molecule has 0 fully saturated rings. The number of nitrogen functional groups attached to an aromatic ring is 1. The van der Waals surface area contributed by atoms with Gasteiger partial charge in [0.1, 0.15) is 11.6 Å². The highest BCUT2D eigenvalue weighted by atomic mass is 19.1. The van der Waals surface area contributed by atoms with E-state index in [0.717, 1.165) is 12.1 Å². The van der Waals surface area contributed by atoms with Crippen LogP contribution in [-0.4, -0.2) is 11.6 Å². The number of pyridine rings is 1. The molecule has 0 saturated heterocycles. The normalized spacial score (nSPS) is 10.2. The third-order valence-corrected chi connectivity index (χ3v) is 2.45. The fourth-order valence-electron chi connectivity index (χ4n) is 1.52. The Kier molecular flexibility index (Phi) is 4.18. The molecule has 2 aromatic rings. The number of anilines is 3. The van der Waals surface area contributed by atoms with Gasteiger partial charge in [0, 0.05) is 5.69 Å². The molecule has 2 rings (SSSR count). The third-order valence-electron chi connectivity index (χ3n) is 2.45. The minimum absolute atomic E-state index is 0.275. The second-order valence-corrected chi connectivity index (χ2v) is 4.07. The number of benzene rings is 1. The second-order valence-electron chi connectivity index (χ2n) is 4.07. The number of hydrogen-bond donors (Lipinski definition) is 2. The molecule has 3 N–H and O–H groups in total. The lowest BCUT2D eigenvalue weighted by atomic mass is 10.3. The Morgan fingerprint density at radius 3 is 2.63 bits per heavy atom. The predicted molar refractivity (Wildman–Crippen MR) is 74.1 cm³/mol. The van der Waals surface area contributed by atoms with Gasteiger partial charge < -0.3 is 15.8 Å². The van der Waals surface area contributed by atoms with Crippen LogP contribution in [0, 0.1) is 5.82 Å². The van der Waals surface area contributed by atoms with Crippen LogP contribution < -0.4 is 15.8 Å². The molecule has 0 amide bonds. The van der Waals surface area contributed by atoms with Gasteiger partial charge in [-0.25, -0.2) is 4.39 Å². The molecule has 1 heterocycles. The lowest BCUT2D eigenvalue weighted by molar-refractivity contribution is 0.307. The summed E-state index contributed by atoms with van der Waals surface area (Å²) >= 11 is 0. The molecule has 0 saturated carbocycles. The molecule has 0 aliphatic heterocycles. The van der Waals surface area contributed by atoms with E-state index in [0.29, 0.717) is 24.0 Å². The highest BCUT2D eigenvalue weighted by molar-refractivity contribution is 5.60. The van der Waals surface area contributed by atoms with Crippen molar-refractivity contribution < 1.29 is 9.13 Å². The number of rotatable bonds is 5. The molecule has 5 heteroatoms. The molecule has 0 aliphatic rings. The van der Waals surface area contributed by atoms with Crippen LogP contribution in [0.1, 0.15) is 13.3 Å². The number of nitrogens with one attached hydrogen (secondary N) is 1. The lowest BCUT2D eigenvalue weighted by Gasteiger charge is -2.10. The zero-order valence-corrected chi connectivity index (χ0v) is 10.7. The highest BCUT2D eigenvalue weighted by Gasteiger charge is 2.04. The first-order chi connectivity index (χ1) is 9.19. The van der Waals surface area contributed by atoms with Crippen LogP contribution in [0.15, 0.2) is 36.4 Å². The van der Waals surface area contributed by atoms with E-state index in [9.17, 15) is 4.39 Å². The molecule has 1 aromatic heterocycles. The fraction of sp³-hybridized carbons (Fsp3) is 0.214. The second kappa shape index (κ2) is 6.04. The average molecular weight is 261 g/mol. The number of nitrogens with two attached hydrogens (primary N) is 1. The Morgan fingerprint density at radius 2 is 1.95 bits per heavy atom. The lowest BCUT2D eigenvalue weighted by Crippen LogP contribution is -2.03. The van der Waals surface area contributed by atoms with Crippen LogP contribution in [0.3, 0.4) is 0 Å². The van der Waals surface area contributed by atoms with Crippen molar-refractivity contribution in [2.24, 2.45) is 0 Å². The van der Waals surface area contributed by atoms with Gasteiger partial charge in [-0.15, -0.1) is 0 Å². The maximum atomic E-state index is 12.8. The molecular weight excluding hydrogens is 245 g/mol. The molecule has 0 aliphatic carbocycles. The van der Waals surface area contributed by atoms with E-state index >= 15 is 0 Å². The molecule has 0 unspecified atom stereocenters. The van der Waals surface area contributed by atoms with Gasteiger partial charge in [0.15, 0.2) is 0 Å². The fourth-order valence-corrected chi connectivity index (χ4v) is 1.52. The SMILES string of the molecule is CCCOc1nc(Nc2ccc(F)cc2)ccc1N. The van der Waals surface area contributed by atoms with E-state index < -0.39 is 0 Å². The van der Waals surface area contributed by atoms with Gasteiger partial charge in [-0.05, 0) is 42.8 Å². The van der Waals surface area contributed by atoms with Gasteiger partial charge in [-0.2, -0.15) is 4.98 Å². The number of nitrogens with zero attached hydrogens (tertiary/aromatic N) is 1. The summed E-state index contributed by atoms with van der Waals surface area (Å²) < 4.78 is 18.2. The minimum Gasteiger partial charge on any atom is -0.476 e. The van der Waals surface area contributed by atoms with E-state index in [1.54, 1.807) is 24.3 Å². The molecule has 1 aromatic carbocycles. The Hall–Kier alpha value is -2.30. The smallest absolute Gasteiger partial charge is 0.239 e. The quantitative estimate of drug-likeness (QED) is 0.866. The van der Waals surface area contributed by atoms with Crippen molar-refractivity contribution in [3.63, 3.8) is 0 Å². The molecular formula is C14H16FN3O. The van der Waals surface area contributed by atoms with E-state index in [1.807, 2.05) is 6.92 Å². The van der Waals surface area contributed by atoms with Crippen LogP contribution in [0.4, 0.5) is 21.6 Å². The maximum absolute atomic E-state index is 12.8. The summed E-state index contributed by atoms with van der Waals surface area (Å²) in [6.45, 7) is 2.58. The van der Waals surface area contributed by atoms with E-state index in [1.165, 1.54) is 12.1 Å². The number of ether oxygens (including phenoxy) is 1. The Balaban J connectivity index is 2.14. The van der Waals surface area contributed by atoms with Crippen LogP contribution >= 0.6 is 0 Å². The largest absolute Gasteiger partial charge is 0.476 e. The van der Waals surface area contributed by atoms with Crippen LogP contribution in [0.25, 0.3) is 0 Å². The predicted octanol–water partition coefficient (Wildman–Crippen LogP) is 3.34. The Morgan fingerprint density at radius 1 is 1.21 bits per heavy atom. The monoisotopic (exact) mass is 261 g/mol. The van der Waals surface area contributed by atoms with Crippen molar-refractivity contribution in [3.8, 4) is 5.88 Å². The van der Waals surface area contributed by atoms with Gasteiger partial charge in [-0.3, -0.25) is 0 Å². The first-order valence-corrected chi connectivity index (χ1v) is 6.11. The standard InChI is InChI=1S/C14H16FN3O/c1-2-9-19-14-12(16)7-8-13(18-14)17-11-5-3-10(15)4-6-11/h3-8H,2,9,16H2,1H3,(H,17,18). The van der Waals surface area contributed by atoms with Crippen molar-refractivity contribution in [3.05, 3.63) is 42.2 Å². The van der Waals surface area contributed by atoms with Crippen molar-refractivity contribution in [2.75, 3.05) is 17.7 Å². The van der Waals surface area contributed by atoms with Crippen LogP contribution in [0.5, 0.6) is 5.88 Å². The summed E-state index contributed by atoms with van der Waals surface area (Å²) in [4.78, 5) is 4.28. The Labute approximate surface area is 111 Å². The number of halogens is 1. The molecule has 0 radical (unpaired) electrons. The molecule has 4 nitrogen and oxygen atoms in total. The summed E-state index contributed by atoms with van der Waals surface area (Å²) in [6, 6.07) is 9.52. The maximum Gasteiger partial charge on any atom is 0.239 e. The topological polar surface area (TPSA) is 60.2 Å². The van der Waals surface area contributed by atoms with Crippen molar-refractivity contribution >= 4 is 17.2 Å². The summed E-state index contributed by atoms with van der Waals surface area (Å²) in [6.07, 6.45) is 0.886. The van der Waals surface area contributed by atoms with Gasteiger partial charge in [0.2, 0.25) is 5.88 Å². The van der Waals surface area contributed by atoms with E-state index in [4.69, 9.17) is 10.5 Å². The van der Waals surface area contributed by atoms with Crippen LogP contribution in [-0.2, 0) is 0 Å². The number of hydrogen-bond acceptors (Lipinski definition) is 4. The van der Waals surface area contributed by atoms with E-state index in [2.05, 4.69) is 10.3 Å². The van der Waals surface area contributed by atoms with Gasteiger partial charge in [0.25, 0.3) is 0 Å². The zero-order valence-electron chi connectivity index (χ0n) is 10.7. The highest BCUT2D eigenvalue weighted by Crippen LogP contribution is 2.23. The first-order valence-electron chi connectivity index (χ1n) is 6.11. The van der Waals surface area contributed by atoms with Crippen molar-refractivity contribution in [2.45, 2.75) is 13.3 Å². The average Bonchev–Trinajstić information content (AvgIpc) is 2.42. The van der Waals surface area contributed by atoms with Gasteiger partial charge >= 0.3 is 0 Å². The van der Waals surface area contributed by atoms with Crippen molar-refractivity contribution in [1.82, 2.24) is 4.98 Å². The molecule has 19 heavy (non-hydrogen) atoms. The van der Waals surface area contributed by atoms with Gasteiger partial charge in [0.05, 0.1) is 12.3 Å². The molecule has 0 atom stereocenters. The first kappa shape index (κ1) is 13.1. The molecule has 0 bridgehead atoms. The summed E-state index contributed by atoms with van der Waals surface area (Å²) in [7, 11) is 0. The summed E-state index contributed by atoms with van der Waals surface area (Å²) in [5, 5.41) is 3.06. The summed E-state index contributed by atoms with van der Waals surface area (Å²) in [5.74, 6) is 0.739. The van der Waals surface area contributed by atoms with E-state index in [-0.39, 0.29) is 5.82 Å². The molecule has 0 spiro atoms. The van der Waals surface area contributed by atoms with Gasteiger partial charge in [-0.1, -0.05) is 6.92 Å². The van der Waals surface area contributed by atoms with Crippen molar-refractivity contribution in [1.29, 1.82) is 0 Å². The molecule has 100 valence electrons. The Bertz CT molecular complexity index is 543. The zero-order chi connectivity index (χ0) is 13.7.